The van der Waals surface area contributed by atoms with Crippen molar-refractivity contribution in [3.05, 3.63) is 155 Å². The third-order valence-corrected chi connectivity index (χ3v) is 7.42. The fourth-order valence-electron chi connectivity index (χ4n) is 4.97. The van der Waals surface area contributed by atoms with Gasteiger partial charge in [-0.25, -0.2) is 17.6 Å². The van der Waals surface area contributed by atoms with E-state index in [9.17, 15) is 41.8 Å². The summed E-state index contributed by atoms with van der Waals surface area (Å²) in [6.07, 6.45) is 4.78. The number of carbonyl (C=O) groups excluding carboxylic acids is 3. The molecule has 256 valence electrons. The smallest absolute Gasteiger partial charge is 0.311 e. The summed E-state index contributed by atoms with van der Waals surface area (Å²) in [6.45, 7) is 4.10. The molecule has 1 unspecified atom stereocenters. The van der Waals surface area contributed by atoms with Crippen LogP contribution < -0.4 is 0 Å². The molecule has 0 spiro atoms. The molecule has 1 atom stereocenters. The Morgan fingerprint density at radius 2 is 1.40 bits per heavy atom. The van der Waals surface area contributed by atoms with E-state index < -0.39 is 53.1 Å². The molecule has 0 saturated heterocycles. The molecule has 6 aromatic rings. The molecular formula is C38H30F4N2O6. The number of hydrogen-bond acceptors (Lipinski definition) is 5. The van der Waals surface area contributed by atoms with E-state index in [1.165, 1.54) is 16.5 Å². The summed E-state index contributed by atoms with van der Waals surface area (Å²) in [6, 6.07) is 19.2. The molecule has 12 heteroatoms. The second-order valence-corrected chi connectivity index (χ2v) is 11.0. The van der Waals surface area contributed by atoms with Gasteiger partial charge in [0.15, 0.2) is 11.6 Å². The van der Waals surface area contributed by atoms with Crippen LogP contribution in [-0.2, 0) is 14.3 Å². The van der Waals surface area contributed by atoms with E-state index in [0.29, 0.717) is 23.1 Å². The highest BCUT2D eigenvalue weighted by Crippen LogP contribution is 2.30. The molecular weight excluding hydrogens is 656 g/mol. The predicted octanol–water partition coefficient (Wildman–Crippen LogP) is 8.51. The number of carboxylic acid groups (broad SMARTS) is 1. The molecule has 0 aliphatic carbocycles. The summed E-state index contributed by atoms with van der Waals surface area (Å²) in [5, 5.41) is 11.6. The average molecular weight is 687 g/mol. The number of aliphatic carboxylic acids is 1. The number of nitrogens with one attached hydrogen (secondary N) is 2. The lowest BCUT2D eigenvalue weighted by Crippen LogP contribution is -2.17. The van der Waals surface area contributed by atoms with Crippen molar-refractivity contribution in [3.8, 4) is 0 Å². The Morgan fingerprint density at radius 3 is 2.02 bits per heavy atom. The first kappa shape index (κ1) is 36.5. The second-order valence-electron chi connectivity index (χ2n) is 11.0. The molecule has 2 aromatic heterocycles. The molecule has 0 saturated carbocycles. The molecule has 0 bridgehead atoms. The first-order valence-corrected chi connectivity index (χ1v) is 15.0. The number of Topliss-reactive ketones (excluding diaryl/α,β-unsaturated/α-hetero) is 1. The Hall–Kier alpha value is -6.30. The minimum atomic E-state index is -1.18. The molecule has 2 heterocycles. The minimum absolute atomic E-state index is 0.116. The number of carboxylic acids is 1. The monoisotopic (exact) mass is 686 g/mol. The lowest BCUT2D eigenvalue weighted by Gasteiger charge is -2.12. The van der Waals surface area contributed by atoms with Crippen molar-refractivity contribution < 1.29 is 46.6 Å². The van der Waals surface area contributed by atoms with Crippen LogP contribution in [-0.4, -0.2) is 39.1 Å². The SMILES string of the molecule is Cc1ccc2[nH]cc(C(CC(=O)c3ccc(F)cc3F)C(=O)O)c2c1.Cc1ccc2[nH]ccc2c1.O=CO/C=C/C(=O)c1ccc(F)cc1F. The summed E-state index contributed by atoms with van der Waals surface area (Å²) in [5.41, 5.74) is 4.09. The summed E-state index contributed by atoms with van der Waals surface area (Å²) in [4.78, 5) is 51.1. The van der Waals surface area contributed by atoms with Crippen LogP contribution in [0.2, 0.25) is 0 Å². The number of allylic oxidation sites excluding steroid dienone is 1. The third-order valence-electron chi connectivity index (χ3n) is 7.42. The van der Waals surface area contributed by atoms with Gasteiger partial charge in [-0.3, -0.25) is 19.2 Å². The van der Waals surface area contributed by atoms with Crippen LogP contribution in [0.3, 0.4) is 0 Å². The van der Waals surface area contributed by atoms with Crippen LogP contribution in [0.1, 0.15) is 49.7 Å². The van der Waals surface area contributed by atoms with Crippen LogP contribution in [0.5, 0.6) is 0 Å². The third kappa shape index (κ3) is 9.41. The summed E-state index contributed by atoms with van der Waals surface area (Å²) < 4.78 is 56.4. The Morgan fingerprint density at radius 1 is 0.780 bits per heavy atom. The number of halogens is 4. The largest absolute Gasteiger partial charge is 0.481 e. The van der Waals surface area contributed by atoms with Gasteiger partial charge in [0.25, 0.3) is 6.47 Å². The van der Waals surface area contributed by atoms with Crippen molar-refractivity contribution in [1.82, 2.24) is 9.97 Å². The Bertz CT molecular complexity index is 2200. The van der Waals surface area contributed by atoms with E-state index in [1.54, 1.807) is 6.20 Å². The summed E-state index contributed by atoms with van der Waals surface area (Å²) in [7, 11) is 0. The molecule has 0 fully saturated rings. The fraction of sp³-hybridized carbons (Fsp3) is 0.105. The van der Waals surface area contributed by atoms with E-state index in [1.807, 2.05) is 31.3 Å². The Balaban J connectivity index is 0.000000189. The van der Waals surface area contributed by atoms with Crippen LogP contribution >= 0.6 is 0 Å². The number of aromatic amines is 2. The van der Waals surface area contributed by atoms with Crippen molar-refractivity contribution in [2.75, 3.05) is 0 Å². The maximum Gasteiger partial charge on any atom is 0.311 e. The van der Waals surface area contributed by atoms with Crippen LogP contribution in [0.4, 0.5) is 17.6 Å². The van der Waals surface area contributed by atoms with E-state index in [0.717, 1.165) is 47.7 Å². The Labute approximate surface area is 283 Å². The topological polar surface area (TPSA) is 129 Å². The molecule has 6 rings (SSSR count). The van der Waals surface area contributed by atoms with Gasteiger partial charge in [0, 0.05) is 53.4 Å². The lowest BCUT2D eigenvalue weighted by atomic mass is 9.91. The lowest BCUT2D eigenvalue weighted by molar-refractivity contribution is -0.138. The highest BCUT2D eigenvalue weighted by molar-refractivity contribution is 6.04. The van der Waals surface area contributed by atoms with Crippen molar-refractivity contribution >= 4 is 45.8 Å². The second kappa shape index (κ2) is 16.7. The van der Waals surface area contributed by atoms with E-state index in [4.69, 9.17) is 0 Å². The molecule has 4 aromatic carbocycles. The number of H-pyrrole nitrogens is 2. The number of fused-ring (bicyclic) bond motifs is 2. The van der Waals surface area contributed by atoms with Crippen LogP contribution in [0, 0.1) is 37.1 Å². The zero-order valence-corrected chi connectivity index (χ0v) is 26.7. The van der Waals surface area contributed by atoms with Gasteiger partial charge >= 0.3 is 5.97 Å². The summed E-state index contributed by atoms with van der Waals surface area (Å²) >= 11 is 0. The van der Waals surface area contributed by atoms with Gasteiger partial charge in [-0.1, -0.05) is 23.3 Å². The molecule has 0 radical (unpaired) electrons. The standard InChI is InChI=1S/C19H15F2NO3.C10H6F2O3.C9H9N/c1-10-2-5-17-13(6-10)15(9-22-17)14(19(24)25)8-18(23)12-4-3-11(20)7-16(12)21;11-7-1-2-8(9(12)5-7)10(14)3-4-15-6-13;1-7-2-3-9-8(6-7)4-5-10-9/h2-7,9,14,22H,8H2,1H3,(H,24,25);1-6H;2-6,10H,1H3/b;4-3+;. The van der Waals surface area contributed by atoms with Crippen molar-refractivity contribution in [3.63, 3.8) is 0 Å². The van der Waals surface area contributed by atoms with Gasteiger partial charge in [-0.05, 0) is 79.4 Å². The minimum Gasteiger partial charge on any atom is -0.481 e. The number of ether oxygens (including phenoxy) is 1. The maximum absolute atomic E-state index is 13.8. The van der Waals surface area contributed by atoms with Gasteiger partial charge < -0.3 is 19.8 Å². The first-order chi connectivity index (χ1) is 23.9. The molecule has 0 amide bonds. The molecule has 50 heavy (non-hydrogen) atoms. The number of benzene rings is 4. The number of aromatic nitrogens is 2. The van der Waals surface area contributed by atoms with E-state index in [-0.39, 0.29) is 17.6 Å². The van der Waals surface area contributed by atoms with Gasteiger partial charge in [0.1, 0.15) is 23.3 Å². The number of hydrogen-bond donors (Lipinski definition) is 3. The Kier molecular flexibility index (Phi) is 12.2. The zero-order valence-electron chi connectivity index (χ0n) is 26.7. The van der Waals surface area contributed by atoms with Crippen LogP contribution in [0.25, 0.3) is 21.8 Å². The maximum atomic E-state index is 13.8. The van der Waals surface area contributed by atoms with Crippen molar-refractivity contribution in [1.29, 1.82) is 0 Å². The summed E-state index contributed by atoms with van der Waals surface area (Å²) in [5.74, 6) is -7.24. The quantitative estimate of drug-likeness (QED) is 0.0460. The average Bonchev–Trinajstić information content (AvgIpc) is 3.70. The van der Waals surface area contributed by atoms with E-state index >= 15 is 0 Å². The molecule has 0 aliphatic rings. The zero-order chi connectivity index (χ0) is 36.4. The molecule has 8 nitrogen and oxygen atoms in total. The number of rotatable bonds is 9. The van der Waals surface area contributed by atoms with Crippen molar-refractivity contribution in [2.24, 2.45) is 0 Å². The first-order valence-electron chi connectivity index (χ1n) is 15.0. The number of carbonyl (C=O) groups is 4. The molecule has 3 N–H and O–H groups in total. The fourth-order valence-corrected chi connectivity index (χ4v) is 4.97. The highest BCUT2D eigenvalue weighted by Gasteiger charge is 2.27. The van der Waals surface area contributed by atoms with Gasteiger partial charge in [-0.15, -0.1) is 0 Å². The van der Waals surface area contributed by atoms with Crippen LogP contribution in [0.15, 0.2) is 104 Å². The van der Waals surface area contributed by atoms with Gasteiger partial charge in [0.05, 0.1) is 23.3 Å². The highest BCUT2D eigenvalue weighted by atomic mass is 19.1. The number of aryl methyl sites for hydroxylation is 2. The normalized spacial score (nSPS) is 11.3. The van der Waals surface area contributed by atoms with E-state index in [2.05, 4.69) is 45.9 Å². The van der Waals surface area contributed by atoms with Gasteiger partial charge in [0.2, 0.25) is 0 Å². The number of ketones is 2. The predicted molar refractivity (Wildman–Crippen MR) is 179 cm³/mol. The van der Waals surface area contributed by atoms with Gasteiger partial charge in [-0.2, -0.15) is 0 Å². The molecule has 0 aliphatic heterocycles. The van der Waals surface area contributed by atoms with Crippen molar-refractivity contribution in [2.45, 2.75) is 26.2 Å².